The molecule has 0 amide bonds. The van der Waals surface area contributed by atoms with Gasteiger partial charge in [-0.15, -0.1) is 0 Å². The molecule has 0 saturated heterocycles. The minimum atomic E-state index is -0.599. The van der Waals surface area contributed by atoms with Crippen molar-refractivity contribution in [2.24, 2.45) is 5.92 Å². The highest BCUT2D eigenvalue weighted by molar-refractivity contribution is 6.03. The number of nitrogens with zero attached hydrogens (tertiary/aromatic N) is 1. The maximum atomic E-state index is 12.3. The minimum Gasteiger partial charge on any atom is -0.466 e. The Balaban J connectivity index is 2.47. The first kappa shape index (κ1) is 18.0. The first-order valence-electron chi connectivity index (χ1n) is 7.82. The van der Waals surface area contributed by atoms with Crippen LogP contribution in [0.15, 0.2) is 35.5 Å². The van der Waals surface area contributed by atoms with Crippen LogP contribution in [0, 0.1) is 5.92 Å². The number of carbonyl (C=O) groups is 2. The lowest BCUT2D eigenvalue weighted by atomic mass is 10.0. The quantitative estimate of drug-likeness (QED) is 0.770. The summed E-state index contributed by atoms with van der Waals surface area (Å²) in [6, 6.07) is 7.83. The summed E-state index contributed by atoms with van der Waals surface area (Å²) in [5, 5.41) is 0. The number of ether oxygens (including phenoxy) is 3. The standard InChI is InChI=1S/C18H23NO5/c1-12(2)8-13-6-5-7-14(9-13)19-11-24-10-15(17(20)22-3)16(19)18(21)23-4/h5-7,9,12H,8,10-11H2,1-4H3. The van der Waals surface area contributed by atoms with Crippen LogP contribution in [0.2, 0.25) is 0 Å². The second kappa shape index (κ2) is 7.97. The summed E-state index contributed by atoms with van der Waals surface area (Å²) in [4.78, 5) is 25.9. The van der Waals surface area contributed by atoms with Crippen molar-refractivity contribution >= 4 is 17.6 Å². The van der Waals surface area contributed by atoms with Gasteiger partial charge < -0.3 is 19.1 Å². The lowest BCUT2D eigenvalue weighted by molar-refractivity contribution is -0.140. The lowest BCUT2D eigenvalue weighted by Gasteiger charge is -2.31. The molecule has 1 aromatic rings. The summed E-state index contributed by atoms with van der Waals surface area (Å²) in [5.41, 5.74) is 2.24. The molecular formula is C18H23NO5. The summed E-state index contributed by atoms with van der Waals surface area (Å²) in [6.45, 7) is 4.47. The molecule has 0 radical (unpaired) electrons. The molecular weight excluding hydrogens is 310 g/mol. The maximum Gasteiger partial charge on any atom is 0.355 e. The lowest BCUT2D eigenvalue weighted by Crippen LogP contribution is -2.38. The van der Waals surface area contributed by atoms with Gasteiger partial charge in [-0.2, -0.15) is 0 Å². The Labute approximate surface area is 142 Å². The van der Waals surface area contributed by atoms with Crippen LogP contribution in [0.3, 0.4) is 0 Å². The van der Waals surface area contributed by atoms with E-state index in [1.54, 1.807) is 4.90 Å². The van der Waals surface area contributed by atoms with Crippen LogP contribution < -0.4 is 4.90 Å². The van der Waals surface area contributed by atoms with Crippen molar-refractivity contribution in [3.05, 3.63) is 41.1 Å². The summed E-state index contributed by atoms with van der Waals surface area (Å²) >= 11 is 0. The number of carbonyl (C=O) groups excluding carboxylic acids is 2. The fourth-order valence-corrected chi connectivity index (χ4v) is 2.67. The topological polar surface area (TPSA) is 65.1 Å². The molecule has 1 heterocycles. The number of hydrogen-bond donors (Lipinski definition) is 0. The Bertz CT molecular complexity index is 651. The zero-order valence-electron chi connectivity index (χ0n) is 14.5. The van der Waals surface area contributed by atoms with Gasteiger partial charge in [0.2, 0.25) is 0 Å². The Morgan fingerprint density at radius 3 is 2.54 bits per heavy atom. The molecule has 0 N–H and O–H groups in total. The Hall–Kier alpha value is -2.34. The van der Waals surface area contributed by atoms with Crippen molar-refractivity contribution in [2.45, 2.75) is 20.3 Å². The molecule has 0 saturated carbocycles. The van der Waals surface area contributed by atoms with Crippen LogP contribution in [0.5, 0.6) is 0 Å². The molecule has 1 aliphatic heterocycles. The highest BCUT2D eigenvalue weighted by atomic mass is 16.5. The summed E-state index contributed by atoms with van der Waals surface area (Å²) in [7, 11) is 2.56. The molecule has 2 rings (SSSR count). The predicted octanol–water partition coefficient (Wildman–Crippen LogP) is 2.28. The molecule has 0 unspecified atom stereocenters. The van der Waals surface area contributed by atoms with E-state index >= 15 is 0 Å². The number of rotatable bonds is 5. The van der Waals surface area contributed by atoms with Gasteiger partial charge in [0.1, 0.15) is 12.4 Å². The van der Waals surface area contributed by atoms with Crippen molar-refractivity contribution in [1.29, 1.82) is 0 Å². The third-order valence-corrected chi connectivity index (χ3v) is 3.70. The van der Waals surface area contributed by atoms with E-state index in [1.807, 2.05) is 24.3 Å². The van der Waals surface area contributed by atoms with Gasteiger partial charge in [0.05, 0.1) is 26.4 Å². The van der Waals surface area contributed by atoms with Crippen molar-refractivity contribution in [2.75, 3.05) is 32.5 Å². The molecule has 6 nitrogen and oxygen atoms in total. The zero-order valence-corrected chi connectivity index (χ0v) is 14.5. The number of methoxy groups -OCH3 is 2. The van der Waals surface area contributed by atoms with Crippen LogP contribution in [-0.4, -0.2) is 39.5 Å². The molecule has 130 valence electrons. The van der Waals surface area contributed by atoms with Gasteiger partial charge in [-0.05, 0) is 30.0 Å². The van der Waals surface area contributed by atoms with E-state index in [2.05, 4.69) is 13.8 Å². The average molecular weight is 333 g/mol. The second-order valence-corrected chi connectivity index (χ2v) is 5.98. The van der Waals surface area contributed by atoms with E-state index in [0.717, 1.165) is 17.7 Å². The van der Waals surface area contributed by atoms with Crippen LogP contribution >= 0.6 is 0 Å². The Kier molecular flexibility index (Phi) is 5.98. The SMILES string of the molecule is COC(=O)C1=C(C(=O)OC)N(c2cccc(CC(C)C)c2)COC1. The first-order valence-corrected chi connectivity index (χ1v) is 7.82. The molecule has 1 aromatic carbocycles. The smallest absolute Gasteiger partial charge is 0.355 e. The maximum absolute atomic E-state index is 12.3. The minimum absolute atomic E-state index is 0.0132. The monoisotopic (exact) mass is 333 g/mol. The molecule has 24 heavy (non-hydrogen) atoms. The molecule has 6 heteroatoms. The normalized spacial score (nSPS) is 14.8. The summed E-state index contributed by atoms with van der Waals surface area (Å²) < 4.78 is 15.1. The van der Waals surface area contributed by atoms with E-state index < -0.39 is 11.9 Å². The number of esters is 2. The second-order valence-electron chi connectivity index (χ2n) is 5.98. The summed E-state index contributed by atoms with van der Waals surface area (Å²) in [6.07, 6.45) is 0.920. The largest absolute Gasteiger partial charge is 0.466 e. The Morgan fingerprint density at radius 2 is 1.92 bits per heavy atom. The molecule has 0 atom stereocenters. The van der Waals surface area contributed by atoms with Crippen LogP contribution in [0.1, 0.15) is 19.4 Å². The van der Waals surface area contributed by atoms with E-state index in [4.69, 9.17) is 14.2 Å². The van der Waals surface area contributed by atoms with Crippen molar-refractivity contribution in [3.63, 3.8) is 0 Å². The van der Waals surface area contributed by atoms with Gasteiger partial charge in [0, 0.05) is 5.69 Å². The van der Waals surface area contributed by atoms with Gasteiger partial charge in [-0.3, -0.25) is 0 Å². The van der Waals surface area contributed by atoms with Crippen molar-refractivity contribution < 1.29 is 23.8 Å². The van der Waals surface area contributed by atoms with E-state index in [9.17, 15) is 9.59 Å². The summed E-state index contributed by atoms with van der Waals surface area (Å²) in [5.74, 6) is -0.675. The highest BCUT2D eigenvalue weighted by Gasteiger charge is 2.32. The third kappa shape index (κ3) is 3.94. The van der Waals surface area contributed by atoms with Crippen LogP contribution in [0.4, 0.5) is 5.69 Å². The van der Waals surface area contributed by atoms with Gasteiger partial charge >= 0.3 is 11.9 Å². The Morgan fingerprint density at radius 1 is 1.21 bits per heavy atom. The fourth-order valence-electron chi connectivity index (χ4n) is 2.67. The first-order chi connectivity index (χ1) is 11.5. The molecule has 1 aliphatic rings. The average Bonchev–Trinajstić information content (AvgIpc) is 2.59. The molecule has 0 aromatic heterocycles. The fraction of sp³-hybridized carbons (Fsp3) is 0.444. The molecule has 0 bridgehead atoms. The number of anilines is 1. The molecule has 0 spiro atoms. The van der Waals surface area contributed by atoms with Crippen molar-refractivity contribution in [1.82, 2.24) is 0 Å². The highest BCUT2D eigenvalue weighted by Crippen LogP contribution is 2.27. The van der Waals surface area contributed by atoms with Crippen LogP contribution in [0.25, 0.3) is 0 Å². The predicted molar refractivity (Wildman–Crippen MR) is 89.3 cm³/mol. The number of benzene rings is 1. The number of hydrogen-bond acceptors (Lipinski definition) is 6. The third-order valence-electron chi connectivity index (χ3n) is 3.70. The van der Waals surface area contributed by atoms with Gasteiger partial charge in [-0.1, -0.05) is 26.0 Å². The zero-order chi connectivity index (χ0) is 17.7. The molecule has 0 aliphatic carbocycles. The molecule has 0 fully saturated rings. The van der Waals surface area contributed by atoms with E-state index in [-0.39, 0.29) is 24.6 Å². The van der Waals surface area contributed by atoms with E-state index in [1.165, 1.54) is 14.2 Å². The van der Waals surface area contributed by atoms with Gasteiger partial charge in [0.15, 0.2) is 0 Å². The van der Waals surface area contributed by atoms with E-state index in [0.29, 0.717) is 5.92 Å². The van der Waals surface area contributed by atoms with Crippen molar-refractivity contribution in [3.8, 4) is 0 Å². The van der Waals surface area contributed by atoms with Gasteiger partial charge in [0.25, 0.3) is 0 Å². The van der Waals surface area contributed by atoms with Gasteiger partial charge in [-0.25, -0.2) is 9.59 Å². The van der Waals surface area contributed by atoms with Crippen LogP contribution in [-0.2, 0) is 30.2 Å².